The van der Waals surface area contributed by atoms with Crippen molar-refractivity contribution < 1.29 is 9.53 Å². The quantitative estimate of drug-likeness (QED) is 0.589. The molecule has 0 fully saturated rings. The third-order valence-electron chi connectivity index (χ3n) is 2.06. The highest BCUT2D eigenvalue weighted by Crippen LogP contribution is 2.30. The zero-order chi connectivity index (χ0) is 12.1. The molecule has 0 aliphatic heterocycles. The molecule has 0 radical (unpaired) electrons. The fourth-order valence-electron chi connectivity index (χ4n) is 1.31. The zero-order valence-electron chi connectivity index (χ0n) is 8.73. The number of halogens is 3. The Morgan fingerprint density at radius 2 is 2.19 bits per heavy atom. The second-order valence-electron chi connectivity index (χ2n) is 3.11. The summed E-state index contributed by atoms with van der Waals surface area (Å²) in [6, 6.07) is 3.70. The predicted octanol–water partition coefficient (Wildman–Crippen LogP) is 4.10. The summed E-state index contributed by atoms with van der Waals surface area (Å²) >= 11 is 12.8. The molecule has 88 valence electrons. The molecule has 0 N–H and O–H groups in total. The minimum atomic E-state index is -0.243. The summed E-state index contributed by atoms with van der Waals surface area (Å²) in [4.78, 5) is 11.4. The molecule has 0 aliphatic rings. The van der Waals surface area contributed by atoms with E-state index in [2.05, 4.69) is 31.9 Å². The van der Waals surface area contributed by atoms with Gasteiger partial charge in [0.05, 0.1) is 18.1 Å². The van der Waals surface area contributed by atoms with Crippen molar-refractivity contribution in [3.8, 4) is 0 Å². The van der Waals surface area contributed by atoms with Gasteiger partial charge >= 0.3 is 5.97 Å². The van der Waals surface area contributed by atoms with Crippen molar-refractivity contribution in [1.82, 2.24) is 0 Å². The smallest absolute Gasteiger partial charge is 0.310 e. The number of esters is 1. The molecule has 0 saturated heterocycles. The van der Waals surface area contributed by atoms with Gasteiger partial charge in [0.25, 0.3) is 0 Å². The van der Waals surface area contributed by atoms with Gasteiger partial charge < -0.3 is 4.74 Å². The third-order valence-corrected chi connectivity index (χ3v) is 4.12. The van der Waals surface area contributed by atoms with E-state index in [1.54, 1.807) is 13.0 Å². The van der Waals surface area contributed by atoms with Crippen LogP contribution in [0.4, 0.5) is 0 Å². The molecule has 0 aliphatic carbocycles. The molecule has 5 heteroatoms. The van der Waals surface area contributed by atoms with E-state index in [0.717, 1.165) is 15.6 Å². The van der Waals surface area contributed by atoms with Crippen molar-refractivity contribution in [3.63, 3.8) is 0 Å². The second-order valence-corrected chi connectivity index (χ2v) is 4.88. The van der Waals surface area contributed by atoms with Gasteiger partial charge in [-0.25, -0.2) is 0 Å². The van der Waals surface area contributed by atoms with Gasteiger partial charge in [0.1, 0.15) is 0 Å². The molecule has 0 saturated carbocycles. The molecular formula is C11H11Br2ClO2. The van der Waals surface area contributed by atoms with E-state index >= 15 is 0 Å². The Labute approximate surface area is 117 Å². The van der Waals surface area contributed by atoms with E-state index < -0.39 is 0 Å². The Kier molecular flexibility index (Phi) is 5.79. The Hall–Kier alpha value is -0.0600. The minimum absolute atomic E-state index is 0.232. The maximum atomic E-state index is 11.4. The van der Waals surface area contributed by atoms with E-state index in [1.165, 1.54) is 0 Å². The lowest BCUT2D eigenvalue weighted by atomic mass is 10.1. The molecule has 0 unspecified atom stereocenters. The van der Waals surface area contributed by atoms with Crippen LogP contribution in [0.5, 0.6) is 0 Å². The van der Waals surface area contributed by atoms with Crippen LogP contribution in [0.3, 0.4) is 0 Å². The van der Waals surface area contributed by atoms with Crippen LogP contribution in [-0.2, 0) is 21.3 Å². The number of hydrogen-bond donors (Lipinski definition) is 0. The fraction of sp³-hybridized carbons (Fsp3) is 0.364. The average molecular weight is 370 g/mol. The number of alkyl halides is 1. The summed E-state index contributed by atoms with van der Waals surface area (Å²) in [5.74, 6) is -0.243. The SMILES string of the molecule is CCOC(=O)Cc1c(CBr)ccc(Cl)c1Br. The van der Waals surface area contributed by atoms with Crippen molar-refractivity contribution in [3.05, 3.63) is 32.8 Å². The molecule has 0 spiro atoms. The van der Waals surface area contributed by atoms with Crippen molar-refractivity contribution in [2.24, 2.45) is 0 Å². The van der Waals surface area contributed by atoms with Gasteiger partial charge in [-0.05, 0) is 40.0 Å². The number of ether oxygens (including phenoxy) is 1. The Morgan fingerprint density at radius 1 is 1.50 bits per heavy atom. The first-order valence-electron chi connectivity index (χ1n) is 4.77. The summed E-state index contributed by atoms with van der Waals surface area (Å²) in [6.07, 6.45) is 0.232. The molecule has 0 atom stereocenters. The maximum Gasteiger partial charge on any atom is 0.310 e. The number of carbonyl (C=O) groups excluding carboxylic acids is 1. The van der Waals surface area contributed by atoms with Crippen molar-refractivity contribution in [1.29, 1.82) is 0 Å². The molecule has 0 amide bonds. The average Bonchev–Trinajstić information content (AvgIpc) is 2.25. The topological polar surface area (TPSA) is 26.3 Å². The zero-order valence-corrected chi connectivity index (χ0v) is 12.7. The summed E-state index contributed by atoms with van der Waals surface area (Å²) in [6.45, 7) is 2.18. The van der Waals surface area contributed by atoms with Crippen LogP contribution >= 0.6 is 43.5 Å². The molecule has 0 bridgehead atoms. The minimum Gasteiger partial charge on any atom is -0.466 e. The normalized spacial score (nSPS) is 10.2. The Morgan fingerprint density at radius 3 is 2.75 bits per heavy atom. The largest absolute Gasteiger partial charge is 0.466 e. The van der Waals surface area contributed by atoms with Gasteiger partial charge in [0.15, 0.2) is 0 Å². The van der Waals surface area contributed by atoms with Crippen LogP contribution in [0.1, 0.15) is 18.1 Å². The molecule has 16 heavy (non-hydrogen) atoms. The Bertz CT molecular complexity index is 394. The predicted molar refractivity (Wildman–Crippen MR) is 72.1 cm³/mol. The first kappa shape index (κ1) is 14.0. The maximum absolute atomic E-state index is 11.4. The Balaban J connectivity index is 3.00. The van der Waals surface area contributed by atoms with E-state index in [0.29, 0.717) is 17.0 Å². The molecule has 0 aromatic heterocycles. The lowest BCUT2D eigenvalue weighted by Crippen LogP contribution is -2.09. The number of benzene rings is 1. The standard InChI is InChI=1S/C11H11Br2ClO2/c1-2-16-10(15)5-8-7(6-12)3-4-9(14)11(8)13/h3-4H,2,5-6H2,1H3. The summed E-state index contributed by atoms with van der Waals surface area (Å²) in [5.41, 5.74) is 1.91. The molecule has 1 aromatic rings. The highest BCUT2D eigenvalue weighted by molar-refractivity contribution is 9.10. The van der Waals surface area contributed by atoms with Gasteiger partial charge in [-0.1, -0.05) is 33.6 Å². The van der Waals surface area contributed by atoms with Crippen LogP contribution < -0.4 is 0 Å². The number of hydrogen-bond acceptors (Lipinski definition) is 2. The second kappa shape index (κ2) is 6.62. The first-order chi connectivity index (χ1) is 7.60. The fourth-order valence-corrected chi connectivity index (χ4v) is 2.53. The molecular weight excluding hydrogens is 359 g/mol. The summed E-state index contributed by atoms with van der Waals surface area (Å²) in [5, 5.41) is 1.28. The van der Waals surface area contributed by atoms with Crippen LogP contribution in [0, 0.1) is 0 Å². The molecule has 1 aromatic carbocycles. The number of rotatable bonds is 4. The monoisotopic (exact) mass is 368 g/mol. The summed E-state index contributed by atoms with van der Waals surface area (Å²) < 4.78 is 5.69. The van der Waals surface area contributed by atoms with Crippen LogP contribution in [0.25, 0.3) is 0 Å². The van der Waals surface area contributed by atoms with Crippen LogP contribution in [-0.4, -0.2) is 12.6 Å². The highest BCUT2D eigenvalue weighted by Gasteiger charge is 2.14. The van der Waals surface area contributed by atoms with Gasteiger partial charge in [-0.15, -0.1) is 0 Å². The van der Waals surface area contributed by atoms with Crippen LogP contribution in [0.15, 0.2) is 16.6 Å². The van der Waals surface area contributed by atoms with Gasteiger partial charge in [0.2, 0.25) is 0 Å². The first-order valence-corrected chi connectivity index (χ1v) is 7.06. The molecule has 2 nitrogen and oxygen atoms in total. The van der Waals surface area contributed by atoms with E-state index in [-0.39, 0.29) is 12.4 Å². The van der Waals surface area contributed by atoms with Crippen LogP contribution in [0.2, 0.25) is 5.02 Å². The van der Waals surface area contributed by atoms with Crippen molar-refractivity contribution >= 4 is 49.4 Å². The van der Waals surface area contributed by atoms with Crippen molar-refractivity contribution in [2.45, 2.75) is 18.7 Å². The summed E-state index contributed by atoms with van der Waals surface area (Å²) in [7, 11) is 0. The van der Waals surface area contributed by atoms with Crippen molar-refractivity contribution in [2.75, 3.05) is 6.61 Å². The van der Waals surface area contributed by atoms with Gasteiger partial charge in [0, 0.05) is 9.80 Å². The van der Waals surface area contributed by atoms with Gasteiger partial charge in [-0.2, -0.15) is 0 Å². The third kappa shape index (κ3) is 3.47. The highest BCUT2D eigenvalue weighted by atomic mass is 79.9. The molecule has 0 heterocycles. The molecule has 1 rings (SSSR count). The van der Waals surface area contributed by atoms with E-state index in [9.17, 15) is 4.79 Å². The van der Waals surface area contributed by atoms with E-state index in [4.69, 9.17) is 16.3 Å². The lowest BCUT2D eigenvalue weighted by molar-refractivity contribution is -0.142. The van der Waals surface area contributed by atoms with E-state index in [1.807, 2.05) is 6.07 Å². The number of carbonyl (C=O) groups is 1. The lowest BCUT2D eigenvalue weighted by Gasteiger charge is -2.10. The van der Waals surface area contributed by atoms with Gasteiger partial charge in [-0.3, -0.25) is 4.79 Å².